The largest absolute Gasteiger partial charge is 0.374 e. The van der Waals surface area contributed by atoms with Crippen LogP contribution >= 0.6 is 11.8 Å². The van der Waals surface area contributed by atoms with E-state index in [1.54, 1.807) is 0 Å². The van der Waals surface area contributed by atoms with Gasteiger partial charge in [0.05, 0.1) is 5.60 Å². The van der Waals surface area contributed by atoms with E-state index in [2.05, 4.69) is 25.6 Å². The van der Waals surface area contributed by atoms with Crippen molar-refractivity contribution >= 4 is 11.8 Å². The zero-order chi connectivity index (χ0) is 13.5. The topological polar surface area (TPSA) is 35.2 Å². The standard InChI is InChI=1S/C16H29NOS/c1-15(2)6-3-4-13(15)14(17)12-5-8-18-16(10-12)7-9-19-11-16/h12-14H,3-11,17H2,1-2H3. The number of ether oxygens (including phenoxy) is 1. The Bertz CT molecular complexity index is 325. The molecule has 0 aromatic rings. The molecule has 4 atom stereocenters. The molecule has 0 radical (unpaired) electrons. The molecule has 0 aromatic heterocycles. The maximum atomic E-state index is 6.72. The van der Waals surface area contributed by atoms with Crippen molar-refractivity contribution in [3.8, 4) is 0 Å². The molecule has 0 aromatic carbocycles. The molecule has 4 unspecified atom stereocenters. The number of rotatable bonds is 2. The van der Waals surface area contributed by atoms with Crippen LogP contribution in [0.2, 0.25) is 0 Å². The van der Waals surface area contributed by atoms with Gasteiger partial charge >= 0.3 is 0 Å². The predicted molar refractivity (Wildman–Crippen MR) is 82.4 cm³/mol. The minimum Gasteiger partial charge on any atom is -0.374 e. The minimum absolute atomic E-state index is 0.188. The van der Waals surface area contributed by atoms with Crippen molar-refractivity contribution in [2.45, 2.75) is 64.0 Å². The van der Waals surface area contributed by atoms with Gasteiger partial charge in [0, 0.05) is 18.4 Å². The molecular formula is C16H29NOS. The molecule has 1 saturated carbocycles. The first kappa shape index (κ1) is 14.2. The van der Waals surface area contributed by atoms with Gasteiger partial charge in [-0.15, -0.1) is 0 Å². The summed E-state index contributed by atoms with van der Waals surface area (Å²) in [7, 11) is 0. The van der Waals surface area contributed by atoms with Crippen LogP contribution in [0.4, 0.5) is 0 Å². The third kappa shape index (κ3) is 2.71. The third-order valence-corrected chi connectivity index (χ3v) is 7.17. The van der Waals surface area contributed by atoms with Gasteiger partial charge in [-0.2, -0.15) is 11.8 Å². The van der Waals surface area contributed by atoms with E-state index in [-0.39, 0.29) is 5.60 Å². The molecule has 2 aliphatic heterocycles. The van der Waals surface area contributed by atoms with Gasteiger partial charge in [-0.25, -0.2) is 0 Å². The highest BCUT2D eigenvalue weighted by Crippen LogP contribution is 2.48. The summed E-state index contributed by atoms with van der Waals surface area (Å²) in [5.74, 6) is 3.89. The Morgan fingerprint density at radius 2 is 2.11 bits per heavy atom. The van der Waals surface area contributed by atoms with Crippen molar-refractivity contribution in [1.82, 2.24) is 0 Å². The lowest BCUT2D eigenvalue weighted by Crippen LogP contribution is -2.49. The second-order valence-corrected chi connectivity index (χ2v) is 8.76. The average Bonchev–Trinajstić information content (AvgIpc) is 2.95. The fraction of sp³-hybridized carbons (Fsp3) is 1.00. The van der Waals surface area contributed by atoms with Gasteiger partial charge in [0.1, 0.15) is 0 Å². The van der Waals surface area contributed by atoms with Gasteiger partial charge < -0.3 is 10.5 Å². The van der Waals surface area contributed by atoms with Crippen LogP contribution in [0.3, 0.4) is 0 Å². The lowest BCUT2D eigenvalue weighted by atomic mass is 9.70. The molecule has 3 heteroatoms. The van der Waals surface area contributed by atoms with Gasteiger partial charge in [-0.1, -0.05) is 20.3 Å². The van der Waals surface area contributed by atoms with E-state index in [9.17, 15) is 0 Å². The fourth-order valence-corrected chi connectivity index (χ4v) is 6.03. The van der Waals surface area contributed by atoms with Crippen LogP contribution in [0.25, 0.3) is 0 Å². The maximum absolute atomic E-state index is 6.72. The van der Waals surface area contributed by atoms with E-state index in [0.29, 0.717) is 17.4 Å². The lowest BCUT2D eigenvalue weighted by molar-refractivity contribution is -0.0882. The quantitative estimate of drug-likeness (QED) is 0.843. The number of thioether (sulfide) groups is 1. The van der Waals surface area contributed by atoms with Crippen LogP contribution < -0.4 is 5.73 Å². The summed E-state index contributed by atoms with van der Waals surface area (Å²) in [5, 5.41) is 0. The molecular weight excluding hydrogens is 254 g/mol. The van der Waals surface area contributed by atoms with Crippen molar-refractivity contribution in [3.63, 3.8) is 0 Å². The third-order valence-electron chi connectivity index (χ3n) is 5.95. The lowest BCUT2D eigenvalue weighted by Gasteiger charge is -2.43. The van der Waals surface area contributed by atoms with E-state index in [1.807, 2.05) is 0 Å². The molecule has 3 rings (SSSR count). The Morgan fingerprint density at radius 1 is 1.26 bits per heavy atom. The highest BCUT2D eigenvalue weighted by atomic mass is 32.2. The van der Waals surface area contributed by atoms with Gasteiger partial charge in [-0.05, 0) is 55.1 Å². The monoisotopic (exact) mass is 283 g/mol. The van der Waals surface area contributed by atoms with E-state index in [1.165, 1.54) is 50.0 Å². The van der Waals surface area contributed by atoms with Crippen molar-refractivity contribution in [2.75, 3.05) is 18.1 Å². The van der Waals surface area contributed by atoms with Crippen LogP contribution in [0.5, 0.6) is 0 Å². The summed E-state index contributed by atoms with van der Waals surface area (Å²) >= 11 is 2.06. The zero-order valence-corrected chi connectivity index (χ0v) is 13.3. The van der Waals surface area contributed by atoms with Gasteiger partial charge in [-0.3, -0.25) is 0 Å². The van der Waals surface area contributed by atoms with Gasteiger partial charge in [0.2, 0.25) is 0 Å². The van der Waals surface area contributed by atoms with Crippen LogP contribution in [-0.4, -0.2) is 29.8 Å². The molecule has 2 heterocycles. The van der Waals surface area contributed by atoms with Crippen molar-refractivity contribution < 1.29 is 4.74 Å². The summed E-state index contributed by atoms with van der Waals surface area (Å²) in [5.41, 5.74) is 7.36. The fourth-order valence-electron chi connectivity index (χ4n) is 4.65. The Labute approximate surface area is 122 Å². The average molecular weight is 283 g/mol. The van der Waals surface area contributed by atoms with Crippen molar-refractivity contribution in [3.05, 3.63) is 0 Å². The highest BCUT2D eigenvalue weighted by Gasteiger charge is 2.46. The molecule has 3 aliphatic rings. The molecule has 110 valence electrons. The molecule has 1 spiro atoms. The molecule has 0 bridgehead atoms. The van der Waals surface area contributed by atoms with Crippen LogP contribution in [-0.2, 0) is 4.74 Å². The Kier molecular flexibility index (Phi) is 3.92. The van der Waals surface area contributed by atoms with Crippen LogP contribution in [0.1, 0.15) is 52.4 Å². The second-order valence-electron chi connectivity index (χ2n) is 7.65. The summed E-state index contributed by atoms with van der Waals surface area (Å²) in [6, 6.07) is 0.392. The molecule has 0 amide bonds. The van der Waals surface area contributed by atoms with Crippen molar-refractivity contribution in [2.24, 2.45) is 23.0 Å². The van der Waals surface area contributed by atoms with E-state index >= 15 is 0 Å². The molecule has 19 heavy (non-hydrogen) atoms. The summed E-state index contributed by atoms with van der Waals surface area (Å²) in [6.45, 7) is 5.78. The smallest absolute Gasteiger partial charge is 0.0783 e. The maximum Gasteiger partial charge on any atom is 0.0783 e. The first-order valence-corrected chi connectivity index (χ1v) is 9.15. The first-order valence-electron chi connectivity index (χ1n) is 8.00. The molecule has 3 fully saturated rings. The van der Waals surface area contributed by atoms with Gasteiger partial charge in [0.15, 0.2) is 0 Å². The van der Waals surface area contributed by atoms with Crippen LogP contribution in [0.15, 0.2) is 0 Å². The normalized spacial score (nSPS) is 43.7. The minimum atomic E-state index is 0.188. The highest BCUT2D eigenvalue weighted by molar-refractivity contribution is 7.99. The van der Waals surface area contributed by atoms with E-state index < -0.39 is 0 Å². The number of hydrogen-bond acceptors (Lipinski definition) is 3. The first-order chi connectivity index (χ1) is 9.03. The van der Waals surface area contributed by atoms with Crippen LogP contribution in [0, 0.1) is 17.3 Å². The SMILES string of the molecule is CC1(C)CCCC1C(N)C1CCOC2(CCSC2)C1. The summed E-state index contributed by atoms with van der Waals surface area (Å²) in [6.07, 6.45) is 7.71. The molecule has 2 saturated heterocycles. The second kappa shape index (κ2) is 5.23. The zero-order valence-electron chi connectivity index (χ0n) is 12.5. The molecule has 1 aliphatic carbocycles. The molecule has 2 nitrogen and oxygen atoms in total. The van der Waals surface area contributed by atoms with Gasteiger partial charge in [0.25, 0.3) is 0 Å². The molecule has 2 N–H and O–H groups in total. The Balaban J connectivity index is 1.68. The number of nitrogens with two attached hydrogens (primary N) is 1. The summed E-state index contributed by atoms with van der Waals surface area (Å²) in [4.78, 5) is 0. The Hall–Kier alpha value is 0.270. The number of hydrogen-bond donors (Lipinski definition) is 1. The Morgan fingerprint density at radius 3 is 2.74 bits per heavy atom. The predicted octanol–water partition coefficient (Wildman–Crippen LogP) is 3.44. The summed E-state index contributed by atoms with van der Waals surface area (Å²) < 4.78 is 6.15. The van der Waals surface area contributed by atoms with Crippen molar-refractivity contribution in [1.29, 1.82) is 0 Å². The van der Waals surface area contributed by atoms with E-state index in [4.69, 9.17) is 10.5 Å². The van der Waals surface area contributed by atoms with E-state index in [0.717, 1.165) is 12.5 Å².